The highest BCUT2D eigenvalue weighted by molar-refractivity contribution is 7.89. The molecule has 1 heterocycles. The summed E-state index contributed by atoms with van der Waals surface area (Å²) < 4.78 is 32.2. The summed E-state index contributed by atoms with van der Waals surface area (Å²) in [4.78, 5) is 24.3. The van der Waals surface area contributed by atoms with Crippen molar-refractivity contribution in [1.82, 2.24) is 9.62 Å². The Morgan fingerprint density at radius 1 is 1.07 bits per heavy atom. The van der Waals surface area contributed by atoms with Gasteiger partial charge in [-0.2, -0.15) is 4.31 Å². The van der Waals surface area contributed by atoms with E-state index in [1.807, 2.05) is 30.3 Å². The van der Waals surface area contributed by atoms with E-state index in [1.54, 1.807) is 12.1 Å². The van der Waals surface area contributed by atoms with Crippen molar-refractivity contribution in [3.63, 3.8) is 0 Å². The Morgan fingerprint density at radius 2 is 1.77 bits per heavy atom. The molecule has 1 aliphatic heterocycles. The van der Waals surface area contributed by atoms with Gasteiger partial charge in [0.2, 0.25) is 21.8 Å². The number of nitrogens with one attached hydrogen (secondary N) is 2. The number of morpholine rings is 1. The smallest absolute Gasteiger partial charge is 0.243 e. The van der Waals surface area contributed by atoms with Gasteiger partial charge in [-0.15, -0.1) is 0 Å². The van der Waals surface area contributed by atoms with Crippen LogP contribution in [-0.4, -0.2) is 50.8 Å². The van der Waals surface area contributed by atoms with E-state index >= 15 is 0 Å². The lowest BCUT2D eigenvalue weighted by Gasteiger charge is -2.26. The van der Waals surface area contributed by atoms with Gasteiger partial charge in [0, 0.05) is 25.7 Å². The van der Waals surface area contributed by atoms with Gasteiger partial charge in [0.25, 0.3) is 0 Å². The lowest BCUT2D eigenvalue weighted by atomic mass is 10.0. The molecule has 30 heavy (non-hydrogen) atoms. The quantitative estimate of drug-likeness (QED) is 0.697. The lowest BCUT2D eigenvalue weighted by Crippen LogP contribution is -2.40. The van der Waals surface area contributed by atoms with Gasteiger partial charge < -0.3 is 15.4 Å². The van der Waals surface area contributed by atoms with Gasteiger partial charge >= 0.3 is 0 Å². The molecule has 0 saturated carbocycles. The van der Waals surface area contributed by atoms with Crippen LogP contribution in [0.4, 0.5) is 5.69 Å². The molecule has 160 valence electrons. The second-order valence-corrected chi connectivity index (χ2v) is 8.90. The summed E-state index contributed by atoms with van der Waals surface area (Å²) in [5.41, 5.74) is 1.19. The van der Waals surface area contributed by atoms with Crippen LogP contribution in [0.2, 0.25) is 0 Å². The highest BCUT2D eigenvalue weighted by Crippen LogP contribution is 2.22. The maximum atomic E-state index is 12.8. The third kappa shape index (κ3) is 5.65. The molecule has 0 aliphatic carbocycles. The topological polar surface area (TPSA) is 105 Å². The highest BCUT2D eigenvalue weighted by atomic mass is 32.2. The fraction of sp³-hybridized carbons (Fsp3) is 0.333. The fourth-order valence-electron chi connectivity index (χ4n) is 3.25. The molecule has 3 rings (SSSR count). The normalized spacial score (nSPS) is 15.9. The summed E-state index contributed by atoms with van der Waals surface area (Å²) in [6.07, 6.45) is 0.0179. The van der Waals surface area contributed by atoms with Crippen LogP contribution >= 0.6 is 0 Å². The van der Waals surface area contributed by atoms with Crippen molar-refractivity contribution in [2.75, 3.05) is 31.6 Å². The van der Waals surface area contributed by atoms with E-state index in [0.717, 1.165) is 5.56 Å². The second kappa shape index (κ2) is 9.84. The van der Waals surface area contributed by atoms with Crippen LogP contribution in [0.3, 0.4) is 0 Å². The molecule has 2 amide bonds. The predicted molar refractivity (Wildman–Crippen MR) is 112 cm³/mol. The van der Waals surface area contributed by atoms with E-state index in [9.17, 15) is 18.0 Å². The molecule has 9 heteroatoms. The van der Waals surface area contributed by atoms with Crippen LogP contribution in [0.1, 0.15) is 24.9 Å². The minimum atomic E-state index is -3.66. The van der Waals surface area contributed by atoms with E-state index in [4.69, 9.17) is 4.74 Å². The summed E-state index contributed by atoms with van der Waals surface area (Å²) in [5, 5.41) is 5.51. The van der Waals surface area contributed by atoms with Gasteiger partial charge in [-0.05, 0) is 23.8 Å². The average molecular weight is 432 g/mol. The Labute approximate surface area is 176 Å². The van der Waals surface area contributed by atoms with Crippen molar-refractivity contribution < 1.29 is 22.7 Å². The largest absolute Gasteiger partial charge is 0.379 e. The van der Waals surface area contributed by atoms with Gasteiger partial charge in [0.05, 0.1) is 30.6 Å². The molecule has 2 aromatic carbocycles. The van der Waals surface area contributed by atoms with E-state index in [2.05, 4.69) is 10.6 Å². The standard InChI is InChI=1S/C21H25N3O5S/c1-16(25)22-20(17-6-3-2-4-7-17)15-21(26)23-18-8-5-9-19(14-18)30(27,28)24-10-12-29-13-11-24/h2-9,14,20H,10-13,15H2,1H3,(H,22,25)(H,23,26)/t20-/m0/s1. The van der Waals surface area contributed by atoms with Crippen molar-refractivity contribution in [1.29, 1.82) is 0 Å². The lowest BCUT2D eigenvalue weighted by molar-refractivity contribution is -0.120. The van der Waals surface area contributed by atoms with Gasteiger partial charge in [-0.25, -0.2) is 8.42 Å². The molecule has 1 aliphatic rings. The number of carbonyl (C=O) groups is 2. The Bertz CT molecular complexity index is 989. The second-order valence-electron chi connectivity index (χ2n) is 6.96. The molecule has 2 aromatic rings. The molecule has 0 radical (unpaired) electrons. The minimum Gasteiger partial charge on any atom is -0.379 e. The molecule has 0 unspecified atom stereocenters. The highest BCUT2D eigenvalue weighted by Gasteiger charge is 2.26. The molecule has 1 saturated heterocycles. The number of hydrogen-bond acceptors (Lipinski definition) is 5. The summed E-state index contributed by atoms with van der Waals surface area (Å²) in [7, 11) is -3.66. The molecule has 1 fully saturated rings. The van der Waals surface area contributed by atoms with E-state index in [-0.39, 0.29) is 23.1 Å². The van der Waals surface area contributed by atoms with Crippen molar-refractivity contribution in [2.24, 2.45) is 0 Å². The summed E-state index contributed by atoms with van der Waals surface area (Å²) >= 11 is 0. The molecule has 1 atom stereocenters. The molecule has 2 N–H and O–H groups in total. The first-order valence-electron chi connectivity index (χ1n) is 9.66. The number of anilines is 1. The van der Waals surface area contributed by atoms with Crippen molar-refractivity contribution in [2.45, 2.75) is 24.3 Å². The third-order valence-corrected chi connectivity index (χ3v) is 6.59. The SMILES string of the molecule is CC(=O)N[C@@H](CC(=O)Nc1cccc(S(=O)(=O)N2CCOCC2)c1)c1ccccc1. The number of hydrogen-bond donors (Lipinski definition) is 2. The first-order valence-corrected chi connectivity index (χ1v) is 11.1. The maximum absolute atomic E-state index is 12.8. The van der Waals surface area contributed by atoms with Crippen LogP contribution < -0.4 is 10.6 Å². The van der Waals surface area contributed by atoms with Crippen LogP contribution in [-0.2, 0) is 24.3 Å². The van der Waals surface area contributed by atoms with Crippen LogP contribution in [0.15, 0.2) is 59.5 Å². The Hall–Kier alpha value is -2.75. The van der Waals surface area contributed by atoms with Gasteiger partial charge in [-0.3, -0.25) is 9.59 Å². The van der Waals surface area contributed by atoms with E-state index in [1.165, 1.54) is 23.4 Å². The van der Waals surface area contributed by atoms with Crippen LogP contribution in [0.25, 0.3) is 0 Å². The monoisotopic (exact) mass is 431 g/mol. The average Bonchev–Trinajstić information content (AvgIpc) is 2.74. The number of ether oxygens (including phenoxy) is 1. The zero-order valence-corrected chi connectivity index (χ0v) is 17.5. The maximum Gasteiger partial charge on any atom is 0.243 e. The fourth-order valence-corrected chi connectivity index (χ4v) is 4.71. The number of amides is 2. The summed E-state index contributed by atoms with van der Waals surface area (Å²) in [6.45, 7) is 2.72. The van der Waals surface area contributed by atoms with Crippen LogP contribution in [0, 0.1) is 0 Å². The van der Waals surface area contributed by atoms with Crippen molar-refractivity contribution in [3.05, 3.63) is 60.2 Å². The third-order valence-electron chi connectivity index (χ3n) is 4.69. The zero-order chi connectivity index (χ0) is 21.6. The van der Waals surface area contributed by atoms with Gasteiger partial charge in [0.1, 0.15) is 0 Å². The van der Waals surface area contributed by atoms with Crippen molar-refractivity contribution in [3.8, 4) is 0 Å². The number of carbonyl (C=O) groups excluding carboxylic acids is 2. The zero-order valence-electron chi connectivity index (χ0n) is 16.7. The first-order chi connectivity index (χ1) is 14.4. The minimum absolute atomic E-state index is 0.0179. The first kappa shape index (κ1) is 21.9. The number of rotatable bonds is 7. The number of benzene rings is 2. The van der Waals surface area contributed by atoms with Gasteiger partial charge in [0.15, 0.2) is 0 Å². The number of sulfonamides is 1. The Kier molecular flexibility index (Phi) is 7.20. The molecular weight excluding hydrogens is 406 g/mol. The molecule has 0 aromatic heterocycles. The molecular formula is C21H25N3O5S. The van der Waals surface area contributed by atoms with E-state index in [0.29, 0.717) is 32.0 Å². The Morgan fingerprint density at radius 3 is 2.43 bits per heavy atom. The predicted octanol–water partition coefficient (Wildman–Crippen LogP) is 1.91. The van der Waals surface area contributed by atoms with Crippen LogP contribution in [0.5, 0.6) is 0 Å². The molecule has 0 bridgehead atoms. The van der Waals surface area contributed by atoms with Crippen molar-refractivity contribution >= 4 is 27.5 Å². The summed E-state index contributed by atoms with van der Waals surface area (Å²) in [5.74, 6) is -0.575. The number of nitrogens with zero attached hydrogens (tertiary/aromatic N) is 1. The van der Waals surface area contributed by atoms with Gasteiger partial charge in [-0.1, -0.05) is 36.4 Å². The molecule has 0 spiro atoms. The van der Waals surface area contributed by atoms with E-state index < -0.39 is 16.1 Å². The molecule has 8 nitrogen and oxygen atoms in total. The Balaban J connectivity index is 1.72. The summed E-state index contributed by atoms with van der Waals surface area (Å²) in [6, 6.07) is 14.9.